The summed E-state index contributed by atoms with van der Waals surface area (Å²) in [5.74, 6) is -13.9. The van der Waals surface area contributed by atoms with Gasteiger partial charge in [0.25, 0.3) is 5.92 Å². The van der Waals surface area contributed by atoms with Crippen molar-refractivity contribution in [1.29, 1.82) is 0 Å². The summed E-state index contributed by atoms with van der Waals surface area (Å²) in [6.45, 7) is 4.69. The van der Waals surface area contributed by atoms with Gasteiger partial charge >= 0.3 is 11.8 Å². The number of aromatic nitrogens is 1. The first-order chi connectivity index (χ1) is 13.7. The van der Waals surface area contributed by atoms with Crippen LogP contribution in [0.25, 0.3) is 22.0 Å². The molecular formula is C23H19F6N. The monoisotopic (exact) mass is 423 g/mol. The second-order valence-electron chi connectivity index (χ2n) is 8.47. The zero-order valence-electron chi connectivity index (χ0n) is 16.8. The lowest BCUT2D eigenvalue weighted by Gasteiger charge is -2.49. The Morgan fingerprint density at radius 1 is 0.733 bits per heavy atom. The summed E-state index contributed by atoms with van der Waals surface area (Å²) in [4.78, 5) is 4.28. The number of halogens is 6. The van der Waals surface area contributed by atoms with Gasteiger partial charge < -0.3 is 0 Å². The van der Waals surface area contributed by atoms with Crippen LogP contribution in [-0.4, -0.2) is 10.9 Å². The molecule has 0 unspecified atom stereocenters. The molecule has 158 valence electrons. The molecule has 1 nitrogen and oxygen atoms in total. The van der Waals surface area contributed by atoms with Crippen LogP contribution in [0, 0.1) is 19.3 Å². The lowest BCUT2D eigenvalue weighted by molar-refractivity contribution is -0.333. The topological polar surface area (TPSA) is 12.9 Å². The van der Waals surface area contributed by atoms with Crippen molar-refractivity contribution >= 4 is 10.8 Å². The molecule has 0 saturated heterocycles. The van der Waals surface area contributed by atoms with E-state index in [4.69, 9.17) is 0 Å². The molecule has 1 heterocycles. The molecule has 1 aliphatic carbocycles. The normalized spacial score (nSPS) is 20.7. The van der Waals surface area contributed by atoms with E-state index in [1.807, 2.05) is 19.9 Å². The molecule has 1 aliphatic rings. The van der Waals surface area contributed by atoms with Crippen LogP contribution in [0.15, 0.2) is 42.6 Å². The van der Waals surface area contributed by atoms with Gasteiger partial charge in [-0.25, -0.2) is 8.78 Å². The first kappa shape index (κ1) is 20.7. The molecule has 0 bridgehead atoms. The number of nitrogens with zero attached hydrogens (tertiary/aromatic N) is 1. The van der Waals surface area contributed by atoms with Crippen LogP contribution in [0.2, 0.25) is 0 Å². The Labute approximate surface area is 169 Å². The van der Waals surface area contributed by atoms with Gasteiger partial charge in [-0.2, -0.15) is 17.6 Å². The zero-order valence-corrected chi connectivity index (χ0v) is 16.8. The highest BCUT2D eigenvalue weighted by Gasteiger charge is 2.78. The predicted octanol–water partition coefficient (Wildman–Crippen LogP) is 7.38. The molecule has 4 rings (SSSR count). The average molecular weight is 423 g/mol. The van der Waals surface area contributed by atoms with E-state index in [0.717, 1.165) is 11.1 Å². The number of hydrogen-bond acceptors (Lipinski definition) is 1. The van der Waals surface area contributed by atoms with Gasteiger partial charge in [-0.15, -0.1) is 0 Å². The van der Waals surface area contributed by atoms with Crippen LogP contribution in [0.5, 0.6) is 0 Å². The molecule has 2 aromatic carbocycles. The van der Waals surface area contributed by atoms with Gasteiger partial charge in [0, 0.05) is 28.3 Å². The molecular weight excluding hydrogens is 404 g/mol. The van der Waals surface area contributed by atoms with Crippen LogP contribution in [0.3, 0.4) is 0 Å². The summed E-state index contributed by atoms with van der Waals surface area (Å²) in [6.07, 6.45) is 1.24. The molecule has 3 aromatic rings. The molecule has 0 saturated carbocycles. The second kappa shape index (κ2) is 5.99. The summed E-state index contributed by atoms with van der Waals surface area (Å²) in [6, 6.07) is 8.58. The highest BCUT2D eigenvalue weighted by molar-refractivity contribution is 5.98. The molecule has 0 aliphatic heterocycles. The Hall–Kier alpha value is -2.57. The Kier molecular flexibility index (Phi) is 4.13. The number of aryl methyl sites for hydroxylation is 2. The minimum absolute atomic E-state index is 0.204. The number of pyridine rings is 1. The highest BCUT2D eigenvalue weighted by atomic mass is 19.3. The molecule has 0 spiro atoms. The fourth-order valence-corrected chi connectivity index (χ4v) is 4.27. The Morgan fingerprint density at radius 2 is 1.33 bits per heavy atom. The van der Waals surface area contributed by atoms with Crippen molar-refractivity contribution in [1.82, 2.24) is 4.98 Å². The number of hydrogen-bond donors (Lipinski definition) is 0. The van der Waals surface area contributed by atoms with E-state index in [9.17, 15) is 17.6 Å². The summed E-state index contributed by atoms with van der Waals surface area (Å²) in [7, 11) is 0. The predicted molar refractivity (Wildman–Crippen MR) is 103 cm³/mol. The smallest absolute Gasteiger partial charge is 0.256 e. The van der Waals surface area contributed by atoms with Crippen molar-refractivity contribution in [2.75, 3.05) is 0 Å². The number of fused-ring (bicyclic) bond motifs is 3. The third-order valence-electron chi connectivity index (χ3n) is 6.06. The van der Waals surface area contributed by atoms with Crippen molar-refractivity contribution < 1.29 is 26.3 Å². The molecule has 0 N–H and O–H groups in total. The third-order valence-corrected chi connectivity index (χ3v) is 6.06. The molecule has 30 heavy (non-hydrogen) atoms. The quantitative estimate of drug-likeness (QED) is 0.372. The highest BCUT2D eigenvalue weighted by Crippen LogP contribution is 2.67. The number of benzene rings is 2. The summed E-state index contributed by atoms with van der Waals surface area (Å²) in [5.41, 5.74) is -2.91. The van der Waals surface area contributed by atoms with Gasteiger partial charge in [-0.05, 0) is 51.3 Å². The van der Waals surface area contributed by atoms with Crippen LogP contribution in [-0.2, 0) is 11.8 Å². The van der Waals surface area contributed by atoms with E-state index in [0.29, 0.717) is 31.2 Å². The Morgan fingerprint density at radius 3 is 1.93 bits per heavy atom. The fourth-order valence-electron chi connectivity index (χ4n) is 4.27. The van der Waals surface area contributed by atoms with E-state index in [1.54, 1.807) is 12.1 Å². The lowest BCUT2D eigenvalue weighted by atomic mass is 9.65. The molecule has 0 atom stereocenters. The Balaban J connectivity index is 2.12. The zero-order chi connectivity index (χ0) is 22.3. The van der Waals surface area contributed by atoms with Gasteiger partial charge in [0.15, 0.2) is 0 Å². The first-order valence-corrected chi connectivity index (χ1v) is 9.38. The molecule has 1 aromatic heterocycles. The van der Waals surface area contributed by atoms with E-state index in [2.05, 4.69) is 4.98 Å². The van der Waals surface area contributed by atoms with Crippen molar-refractivity contribution in [3.8, 4) is 11.3 Å². The molecule has 7 heteroatoms. The van der Waals surface area contributed by atoms with E-state index in [1.165, 1.54) is 18.3 Å². The van der Waals surface area contributed by atoms with Gasteiger partial charge in [0.1, 0.15) is 5.41 Å². The maximum atomic E-state index is 15.4. The second-order valence-corrected chi connectivity index (χ2v) is 8.47. The van der Waals surface area contributed by atoms with Crippen molar-refractivity contribution in [2.24, 2.45) is 5.41 Å². The van der Waals surface area contributed by atoms with Crippen LogP contribution in [0.1, 0.15) is 36.1 Å². The maximum absolute atomic E-state index is 15.4. The SMILES string of the molecule is Cc1cc(C)cc(-c2nccc3c4c(ccc23)C(F)(F)C(F)(F)C(C)(C)C4(F)F)c1. The number of alkyl halides is 6. The average Bonchev–Trinajstić information content (AvgIpc) is 2.64. The lowest BCUT2D eigenvalue weighted by Crippen LogP contribution is -2.60. The van der Waals surface area contributed by atoms with Gasteiger partial charge in [0.05, 0.1) is 5.69 Å². The largest absolute Gasteiger partial charge is 0.336 e. The van der Waals surface area contributed by atoms with Crippen molar-refractivity contribution in [2.45, 2.75) is 45.5 Å². The summed E-state index contributed by atoms with van der Waals surface area (Å²) >= 11 is 0. The minimum atomic E-state index is -4.94. The third kappa shape index (κ3) is 2.41. The maximum Gasteiger partial charge on any atom is 0.336 e. The van der Waals surface area contributed by atoms with E-state index < -0.39 is 34.3 Å². The van der Waals surface area contributed by atoms with Crippen LogP contribution in [0.4, 0.5) is 26.3 Å². The molecule has 0 amide bonds. The minimum Gasteiger partial charge on any atom is -0.256 e. The first-order valence-electron chi connectivity index (χ1n) is 9.38. The van der Waals surface area contributed by atoms with Gasteiger partial charge in [-0.1, -0.05) is 29.3 Å². The van der Waals surface area contributed by atoms with Gasteiger partial charge in [0.2, 0.25) is 0 Å². The summed E-state index contributed by atoms with van der Waals surface area (Å²) < 4.78 is 89.3. The fraction of sp³-hybridized carbons (Fsp3) is 0.348. The number of rotatable bonds is 1. The van der Waals surface area contributed by atoms with Crippen molar-refractivity contribution in [3.05, 3.63) is 64.8 Å². The summed E-state index contributed by atoms with van der Waals surface area (Å²) in [5, 5.41) is 0.00245. The van der Waals surface area contributed by atoms with Crippen LogP contribution < -0.4 is 0 Å². The standard InChI is InChI=1S/C23H19F6N/c1-12-9-13(2)11-14(10-12)19-16-5-6-17-18(15(16)7-8-30-19)22(26,27)20(3,4)23(28,29)21(17,24)25/h5-11H,1-4H3. The molecule has 0 radical (unpaired) electrons. The van der Waals surface area contributed by atoms with E-state index in [-0.39, 0.29) is 10.8 Å². The molecule has 0 fully saturated rings. The van der Waals surface area contributed by atoms with Crippen molar-refractivity contribution in [3.63, 3.8) is 0 Å². The van der Waals surface area contributed by atoms with Crippen LogP contribution >= 0.6 is 0 Å². The Bertz CT molecular complexity index is 1160. The van der Waals surface area contributed by atoms with Gasteiger partial charge in [-0.3, -0.25) is 4.98 Å². The van der Waals surface area contributed by atoms with E-state index >= 15 is 8.78 Å².